The summed E-state index contributed by atoms with van der Waals surface area (Å²) in [5, 5.41) is 2.63. The van der Waals surface area contributed by atoms with Gasteiger partial charge in [0.2, 0.25) is 0 Å². The summed E-state index contributed by atoms with van der Waals surface area (Å²) >= 11 is 6.05. The van der Waals surface area contributed by atoms with Crippen LogP contribution in [0.25, 0.3) is 10.8 Å². The first kappa shape index (κ1) is 10.2. The molecule has 1 aromatic carbocycles. The van der Waals surface area contributed by atoms with Gasteiger partial charge in [0.25, 0.3) is 0 Å². The number of ether oxygens (including phenoxy) is 1. The fourth-order valence-corrected chi connectivity index (χ4v) is 1.86. The van der Waals surface area contributed by atoms with E-state index in [2.05, 4.69) is 11.9 Å². The van der Waals surface area contributed by atoms with Crippen molar-refractivity contribution in [3.63, 3.8) is 0 Å². The second-order valence-electron chi connectivity index (χ2n) is 3.34. The molecule has 0 radical (unpaired) electrons. The molecule has 0 atom stereocenters. The molecule has 0 fully saturated rings. The third-order valence-electron chi connectivity index (χ3n) is 2.51. The average molecular weight is 222 g/mol. The molecule has 2 aromatic rings. The van der Waals surface area contributed by atoms with Crippen molar-refractivity contribution in [1.82, 2.24) is 4.98 Å². The molecule has 0 unspecified atom stereocenters. The van der Waals surface area contributed by atoms with Crippen LogP contribution in [0.5, 0.6) is 5.75 Å². The van der Waals surface area contributed by atoms with Crippen LogP contribution < -0.4 is 4.74 Å². The molecule has 78 valence electrons. The summed E-state index contributed by atoms with van der Waals surface area (Å²) in [5.41, 5.74) is 1.21. The van der Waals surface area contributed by atoms with E-state index in [0.717, 1.165) is 22.9 Å². The van der Waals surface area contributed by atoms with Gasteiger partial charge in [-0.3, -0.25) is 0 Å². The maximum absolute atomic E-state index is 6.05. The number of pyridine rings is 1. The second-order valence-corrected chi connectivity index (χ2v) is 3.70. The van der Waals surface area contributed by atoms with Crippen LogP contribution in [0.2, 0.25) is 5.15 Å². The molecule has 0 saturated heterocycles. The lowest BCUT2D eigenvalue weighted by Crippen LogP contribution is -1.89. The highest BCUT2D eigenvalue weighted by Crippen LogP contribution is 2.28. The van der Waals surface area contributed by atoms with Crippen molar-refractivity contribution in [3.8, 4) is 5.75 Å². The van der Waals surface area contributed by atoms with Gasteiger partial charge in [-0.1, -0.05) is 24.6 Å². The summed E-state index contributed by atoms with van der Waals surface area (Å²) < 4.78 is 5.16. The Bertz CT molecular complexity index is 496. The van der Waals surface area contributed by atoms with E-state index in [1.807, 2.05) is 24.4 Å². The smallest absolute Gasteiger partial charge is 0.136 e. The van der Waals surface area contributed by atoms with E-state index in [1.165, 1.54) is 5.56 Å². The Morgan fingerprint density at radius 3 is 2.80 bits per heavy atom. The monoisotopic (exact) mass is 221 g/mol. The molecule has 0 aliphatic carbocycles. The van der Waals surface area contributed by atoms with E-state index in [1.54, 1.807) is 7.11 Å². The number of methoxy groups -OCH3 is 1. The molecular formula is C12H12ClNO. The normalized spacial score (nSPS) is 10.6. The Hall–Kier alpha value is -1.28. The molecule has 0 bridgehead atoms. The fraction of sp³-hybridized carbons (Fsp3) is 0.250. The highest BCUT2D eigenvalue weighted by atomic mass is 35.5. The Morgan fingerprint density at radius 2 is 2.13 bits per heavy atom. The maximum Gasteiger partial charge on any atom is 0.136 e. The molecule has 1 aromatic heterocycles. The second kappa shape index (κ2) is 4.07. The number of hydrogen-bond donors (Lipinski definition) is 0. The Kier molecular flexibility index (Phi) is 2.78. The number of fused-ring (bicyclic) bond motifs is 1. The average Bonchev–Trinajstić information content (AvgIpc) is 2.29. The third-order valence-corrected chi connectivity index (χ3v) is 2.81. The Morgan fingerprint density at radius 1 is 1.33 bits per heavy atom. The lowest BCUT2D eigenvalue weighted by atomic mass is 10.1. The van der Waals surface area contributed by atoms with Crippen molar-refractivity contribution in [3.05, 3.63) is 35.1 Å². The lowest BCUT2D eigenvalue weighted by Gasteiger charge is -2.07. The molecule has 1 heterocycles. The Labute approximate surface area is 93.8 Å². The van der Waals surface area contributed by atoms with Crippen molar-refractivity contribution >= 4 is 22.4 Å². The van der Waals surface area contributed by atoms with Gasteiger partial charge in [0.05, 0.1) is 7.11 Å². The van der Waals surface area contributed by atoms with Gasteiger partial charge in [0.1, 0.15) is 10.9 Å². The highest BCUT2D eigenvalue weighted by Gasteiger charge is 2.05. The Balaban J connectivity index is 2.75. The summed E-state index contributed by atoms with van der Waals surface area (Å²) in [6.45, 7) is 2.11. The number of hydrogen-bond acceptors (Lipinski definition) is 2. The summed E-state index contributed by atoms with van der Waals surface area (Å²) in [5.74, 6) is 0.805. The van der Waals surface area contributed by atoms with Gasteiger partial charge in [0.15, 0.2) is 0 Å². The molecular weight excluding hydrogens is 210 g/mol. The molecule has 15 heavy (non-hydrogen) atoms. The number of benzene rings is 1. The molecule has 2 nitrogen and oxygen atoms in total. The minimum absolute atomic E-state index is 0.529. The van der Waals surface area contributed by atoms with E-state index in [4.69, 9.17) is 16.3 Å². The standard InChI is InChI=1S/C12H12ClNO/c1-3-8-7-14-12(13)11-6-9(15-2)4-5-10(8)11/h4-7H,3H2,1-2H3. The van der Waals surface area contributed by atoms with Crippen LogP contribution in [0, 0.1) is 0 Å². The van der Waals surface area contributed by atoms with Crippen molar-refractivity contribution in [2.45, 2.75) is 13.3 Å². The predicted octanol–water partition coefficient (Wildman–Crippen LogP) is 3.46. The number of rotatable bonds is 2. The van der Waals surface area contributed by atoms with E-state index >= 15 is 0 Å². The molecule has 0 amide bonds. The van der Waals surface area contributed by atoms with Crippen molar-refractivity contribution in [2.75, 3.05) is 7.11 Å². The summed E-state index contributed by atoms with van der Waals surface area (Å²) in [6.07, 6.45) is 2.78. The first-order valence-corrected chi connectivity index (χ1v) is 5.25. The minimum Gasteiger partial charge on any atom is -0.497 e. The van der Waals surface area contributed by atoms with Crippen LogP contribution in [0.4, 0.5) is 0 Å². The van der Waals surface area contributed by atoms with Gasteiger partial charge in [-0.25, -0.2) is 4.98 Å². The molecule has 3 heteroatoms. The zero-order chi connectivity index (χ0) is 10.8. The fourth-order valence-electron chi connectivity index (χ4n) is 1.66. The number of aryl methyl sites for hydroxylation is 1. The third kappa shape index (κ3) is 1.77. The van der Waals surface area contributed by atoms with Crippen molar-refractivity contribution < 1.29 is 4.74 Å². The van der Waals surface area contributed by atoms with Crippen LogP contribution in [-0.4, -0.2) is 12.1 Å². The molecule has 2 rings (SSSR count). The van der Waals surface area contributed by atoms with Crippen molar-refractivity contribution in [2.24, 2.45) is 0 Å². The van der Waals surface area contributed by atoms with Gasteiger partial charge >= 0.3 is 0 Å². The zero-order valence-corrected chi connectivity index (χ0v) is 9.51. The summed E-state index contributed by atoms with van der Waals surface area (Å²) in [4.78, 5) is 4.16. The van der Waals surface area contributed by atoms with E-state index in [9.17, 15) is 0 Å². The van der Waals surface area contributed by atoms with Crippen LogP contribution in [0.1, 0.15) is 12.5 Å². The molecule has 0 aliphatic rings. The first-order chi connectivity index (χ1) is 7.26. The van der Waals surface area contributed by atoms with Crippen LogP contribution in [0.15, 0.2) is 24.4 Å². The molecule has 0 saturated carbocycles. The number of nitrogens with zero attached hydrogens (tertiary/aromatic N) is 1. The molecule has 0 N–H and O–H groups in total. The van der Waals surface area contributed by atoms with E-state index < -0.39 is 0 Å². The largest absolute Gasteiger partial charge is 0.497 e. The maximum atomic E-state index is 6.05. The first-order valence-electron chi connectivity index (χ1n) is 4.87. The minimum atomic E-state index is 0.529. The quantitative estimate of drug-likeness (QED) is 0.725. The number of aromatic nitrogens is 1. The molecule has 0 spiro atoms. The van der Waals surface area contributed by atoms with Gasteiger partial charge in [-0.2, -0.15) is 0 Å². The van der Waals surface area contributed by atoms with E-state index in [0.29, 0.717) is 5.15 Å². The van der Waals surface area contributed by atoms with Crippen LogP contribution in [-0.2, 0) is 6.42 Å². The van der Waals surface area contributed by atoms with Crippen LogP contribution >= 0.6 is 11.6 Å². The zero-order valence-electron chi connectivity index (χ0n) is 8.75. The van der Waals surface area contributed by atoms with Gasteiger partial charge < -0.3 is 4.74 Å². The predicted molar refractivity (Wildman–Crippen MR) is 62.7 cm³/mol. The van der Waals surface area contributed by atoms with Gasteiger partial charge in [0, 0.05) is 11.6 Å². The van der Waals surface area contributed by atoms with Gasteiger partial charge in [-0.05, 0) is 29.5 Å². The van der Waals surface area contributed by atoms with E-state index in [-0.39, 0.29) is 0 Å². The lowest BCUT2D eigenvalue weighted by molar-refractivity contribution is 0.415. The topological polar surface area (TPSA) is 22.1 Å². The number of halogens is 1. The van der Waals surface area contributed by atoms with Gasteiger partial charge in [-0.15, -0.1) is 0 Å². The summed E-state index contributed by atoms with van der Waals surface area (Å²) in [7, 11) is 1.65. The highest BCUT2D eigenvalue weighted by molar-refractivity contribution is 6.34. The SMILES string of the molecule is CCc1cnc(Cl)c2cc(OC)ccc12. The van der Waals surface area contributed by atoms with Crippen LogP contribution in [0.3, 0.4) is 0 Å². The van der Waals surface area contributed by atoms with Crippen molar-refractivity contribution in [1.29, 1.82) is 0 Å². The summed E-state index contributed by atoms with van der Waals surface area (Å²) in [6, 6.07) is 5.89. The molecule has 0 aliphatic heterocycles.